The molecule has 108 valence electrons. The van der Waals surface area contributed by atoms with Crippen LogP contribution in [0.3, 0.4) is 0 Å². The Labute approximate surface area is 121 Å². The van der Waals surface area contributed by atoms with Crippen molar-refractivity contribution >= 4 is 0 Å². The molecule has 0 spiro atoms. The third-order valence-electron chi connectivity index (χ3n) is 3.85. The van der Waals surface area contributed by atoms with E-state index in [1.165, 1.54) is 5.56 Å². The lowest BCUT2D eigenvalue weighted by atomic mass is 9.98. The van der Waals surface area contributed by atoms with Crippen molar-refractivity contribution in [2.75, 3.05) is 19.6 Å². The van der Waals surface area contributed by atoms with Crippen LogP contribution in [0, 0.1) is 11.8 Å². The zero-order chi connectivity index (χ0) is 14.4. The maximum atomic E-state index is 10.1. The second kappa shape index (κ2) is 6.90. The van der Waals surface area contributed by atoms with Gasteiger partial charge in [-0.2, -0.15) is 0 Å². The molecule has 0 radical (unpaired) electrons. The summed E-state index contributed by atoms with van der Waals surface area (Å²) in [7, 11) is 0. The van der Waals surface area contributed by atoms with Gasteiger partial charge in [-0.15, -0.1) is 0 Å². The third kappa shape index (κ3) is 4.64. The van der Waals surface area contributed by atoms with Gasteiger partial charge in [0.05, 0.1) is 12.1 Å². The Hall–Kier alpha value is -1.34. The highest BCUT2D eigenvalue weighted by atomic mass is 16.3. The Kier molecular flexibility index (Phi) is 5.19. The van der Waals surface area contributed by atoms with Gasteiger partial charge in [0, 0.05) is 18.7 Å². The molecule has 0 saturated carbocycles. The highest BCUT2D eigenvalue weighted by molar-refractivity contribution is 5.36. The van der Waals surface area contributed by atoms with E-state index in [9.17, 15) is 5.11 Å². The maximum Gasteiger partial charge on any atom is 0.0632 e. The SMILES string of the molecule is CC1(O)CCCN(Cc2ccc(C#CCN)cc2)CC1. The molecule has 3 N–H and O–H groups in total. The highest BCUT2D eigenvalue weighted by Crippen LogP contribution is 2.22. The van der Waals surface area contributed by atoms with Crippen LogP contribution < -0.4 is 5.73 Å². The predicted molar refractivity (Wildman–Crippen MR) is 82.1 cm³/mol. The van der Waals surface area contributed by atoms with Crippen LogP contribution in [0.25, 0.3) is 0 Å². The van der Waals surface area contributed by atoms with Crippen molar-refractivity contribution in [1.82, 2.24) is 4.90 Å². The summed E-state index contributed by atoms with van der Waals surface area (Å²) < 4.78 is 0. The summed E-state index contributed by atoms with van der Waals surface area (Å²) in [4.78, 5) is 2.42. The van der Waals surface area contributed by atoms with Gasteiger partial charge in [0.15, 0.2) is 0 Å². The molecular weight excluding hydrogens is 248 g/mol. The zero-order valence-corrected chi connectivity index (χ0v) is 12.2. The molecule has 1 aromatic carbocycles. The van der Waals surface area contributed by atoms with Crippen LogP contribution >= 0.6 is 0 Å². The molecule has 1 saturated heterocycles. The van der Waals surface area contributed by atoms with Crippen molar-refractivity contribution in [3.8, 4) is 11.8 Å². The summed E-state index contributed by atoms with van der Waals surface area (Å²) in [5, 5.41) is 10.1. The molecule has 1 heterocycles. The second-order valence-electron chi connectivity index (χ2n) is 5.83. The maximum absolute atomic E-state index is 10.1. The molecule has 0 amide bonds. The summed E-state index contributed by atoms with van der Waals surface area (Å²) in [6.45, 7) is 5.31. The lowest BCUT2D eigenvalue weighted by Crippen LogP contribution is -2.28. The van der Waals surface area contributed by atoms with Crippen LogP contribution in [0.15, 0.2) is 24.3 Å². The molecule has 3 heteroatoms. The number of benzene rings is 1. The van der Waals surface area contributed by atoms with Crippen molar-refractivity contribution in [3.63, 3.8) is 0 Å². The first kappa shape index (κ1) is 15.1. The van der Waals surface area contributed by atoms with Crippen molar-refractivity contribution in [2.45, 2.75) is 38.3 Å². The van der Waals surface area contributed by atoms with E-state index in [2.05, 4.69) is 28.9 Å². The first-order valence-electron chi connectivity index (χ1n) is 7.32. The summed E-state index contributed by atoms with van der Waals surface area (Å²) in [5.74, 6) is 5.90. The van der Waals surface area contributed by atoms with Crippen molar-refractivity contribution in [3.05, 3.63) is 35.4 Å². The highest BCUT2D eigenvalue weighted by Gasteiger charge is 2.24. The predicted octanol–water partition coefficient (Wildman–Crippen LogP) is 1.73. The van der Waals surface area contributed by atoms with E-state index in [0.717, 1.165) is 44.5 Å². The van der Waals surface area contributed by atoms with Crippen molar-refractivity contribution in [2.24, 2.45) is 5.73 Å². The number of nitrogens with two attached hydrogens (primary N) is 1. The van der Waals surface area contributed by atoms with E-state index < -0.39 is 5.60 Å². The van der Waals surface area contributed by atoms with Crippen molar-refractivity contribution < 1.29 is 5.11 Å². The van der Waals surface area contributed by atoms with E-state index in [4.69, 9.17) is 5.73 Å². The lowest BCUT2D eigenvalue weighted by molar-refractivity contribution is 0.0444. The molecule has 0 bridgehead atoms. The summed E-state index contributed by atoms with van der Waals surface area (Å²) in [6.07, 6.45) is 2.82. The van der Waals surface area contributed by atoms with Gasteiger partial charge in [0.25, 0.3) is 0 Å². The molecule has 1 fully saturated rings. The Morgan fingerprint density at radius 2 is 2.00 bits per heavy atom. The van der Waals surface area contributed by atoms with Crippen LogP contribution in [0.5, 0.6) is 0 Å². The van der Waals surface area contributed by atoms with E-state index in [1.54, 1.807) is 0 Å². The van der Waals surface area contributed by atoms with Crippen LogP contribution in [0.1, 0.15) is 37.3 Å². The fourth-order valence-corrected chi connectivity index (χ4v) is 2.58. The molecule has 1 atom stereocenters. The standard InChI is InChI=1S/C17H24N2O/c1-17(20)9-3-12-19(13-10-17)14-16-7-5-15(6-8-16)4-2-11-18/h5-8,20H,3,9-14,18H2,1H3. The average Bonchev–Trinajstić information content (AvgIpc) is 2.59. The van der Waals surface area contributed by atoms with E-state index in [-0.39, 0.29) is 0 Å². The molecule has 1 aromatic rings. The summed E-state index contributed by atoms with van der Waals surface area (Å²) >= 11 is 0. The molecule has 1 aliphatic rings. The Morgan fingerprint density at radius 3 is 2.70 bits per heavy atom. The van der Waals surface area contributed by atoms with Crippen LogP contribution in [0.4, 0.5) is 0 Å². The smallest absolute Gasteiger partial charge is 0.0632 e. The second-order valence-corrected chi connectivity index (χ2v) is 5.83. The third-order valence-corrected chi connectivity index (χ3v) is 3.85. The fraction of sp³-hybridized carbons (Fsp3) is 0.529. The number of nitrogens with zero attached hydrogens (tertiary/aromatic N) is 1. The molecular formula is C17H24N2O. The quantitative estimate of drug-likeness (QED) is 0.806. The van der Waals surface area contributed by atoms with Gasteiger partial charge in [-0.1, -0.05) is 24.0 Å². The molecule has 3 nitrogen and oxygen atoms in total. The molecule has 1 unspecified atom stereocenters. The van der Waals surface area contributed by atoms with Gasteiger partial charge in [-0.05, 0) is 50.4 Å². The van der Waals surface area contributed by atoms with E-state index in [1.807, 2.05) is 19.1 Å². The Balaban J connectivity index is 1.93. The topological polar surface area (TPSA) is 49.5 Å². The number of hydrogen-bond donors (Lipinski definition) is 2. The Morgan fingerprint density at radius 1 is 1.25 bits per heavy atom. The number of aliphatic hydroxyl groups is 1. The molecule has 1 aliphatic heterocycles. The van der Waals surface area contributed by atoms with E-state index >= 15 is 0 Å². The Bertz CT molecular complexity index is 482. The fourth-order valence-electron chi connectivity index (χ4n) is 2.58. The van der Waals surface area contributed by atoms with Gasteiger partial charge >= 0.3 is 0 Å². The van der Waals surface area contributed by atoms with Crippen molar-refractivity contribution in [1.29, 1.82) is 0 Å². The lowest BCUT2D eigenvalue weighted by Gasteiger charge is -2.22. The minimum absolute atomic E-state index is 0.398. The zero-order valence-electron chi connectivity index (χ0n) is 12.2. The minimum atomic E-state index is -0.490. The van der Waals surface area contributed by atoms with Gasteiger partial charge in [0.1, 0.15) is 0 Å². The van der Waals surface area contributed by atoms with Gasteiger partial charge in [0.2, 0.25) is 0 Å². The first-order chi connectivity index (χ1) is 9.59. The van der Waals surface area contributed by atoms with Crippen LogP contribution in [-0.4, -0.2) is 35.2 Å². The first-order valence-corrected chi connectivity index (χ1v) is 7.32. The van der Waals surface area contributed by atoms with Gasteiger partial charge in [-0.3, -0.25) is 4.90 Å². The number of likely N-dealkylation sites (tertiary alicyclic amines) is 1. The summed E-state index contributed by atoms with van der Waals surface area (Å²) in [5.41, 5.74) is 7.18. The molecule has 0 aliphatic carbocycles. The minimum Gasteiger partial charge on any atom is -0.390 e. The normalized spacial score (nSPS) is 23.8. The molecule has 2 rings (SSSR count). The summed E-state index contributed by atoms with van der Waals surface area (Å²) in [6, 6.07) is 8.35. The molecule has 20 heavy (non-hydrogen) atoms. The van der Waals surface area contributed by atoms with Crippen LogP contribution in [-0.2, 0) is 6.54 Å². The number of hydrogen-bond acceptors (Lipinski definition) is 3. The van der Waals surface area contributed by atoms with E-state index in [0.29, 0.717) is 6.54 Å². The number of rotatable bonds is 2. The van der Waals surface area contributed by atoms with Crippen LogP contribution in [0.2, 0.25) is 0 Å². The largest absolute Gasteiger partial charge is 0.390 e. The monoisotopic (exact) mass is 272 g/mol. The molecule has 0 aromatic heterocycles. The average molecular weight is 272 g/mol. The van der Waals surface area contributed by atoms with Gasteiger partial charge in [-0.25, -0.2) is 0 Å². The van der Waals surface area contributed by atoms with Gasteiger partial charge < -0.3 is 10.8 Å².